The van der Waals surface area contributed by atoms with Gasteiger partial charge in [-0.15, -0.1) is 0 Å². The molecule has 0 saturated heterocycles. The molecule has 22 heavy (non-hydrogen) atoms. The van der Waals surface area contributed by atoms with Crippen molar-refractivity contribution < 1.29 is 14.6 Å². The van der Waals surface area contributed by atoms with Crippen LogP contribution in [0.5, 0.6) is 5.75 Å². The van der Waals surface area contributed by atoms with Crippen molar-refractivity contribution in [3.63, 3.8) is 0 Å². The lowest BCUT2D eigenvalue weighted by molar-refractivity contribution is 0.0340. The highest BCUT2D eigenvalue weighted by molar-refractivity contribution is 5.87. The zero-order chi connectivity index (χ0) is 15.6. The van der Waals surface area contributed by atoms with Gasteiger partial charge in [0.25, 0.3) is 0 Å². The van der Waals surface area contributed by atoms with E-state index < -0.39 is 5.60 Å². The lowest BCUT2D eigenvalue weighted by Crippen LogP contribution is -2.34. The maximum Gasteiger partial charge on any atom is 0.136 e. The Morgan fingerprint density at radius 1 is 1.09 bits per heavy atom. The van der Waals surface area contributed by atoms with Crippen molar-refractivity contribution >= 4 is 10.8 Å². The third kappa shape index (κ3) is 2.84. The highest BCUT2D eigenvalue weighted by Gasteiger charge is 2.25. The Bertz CT molecular complexity index is 763. The van der Waals surface area contributed by atoms with E-state index in [0.29, 0.717) is 18.8 Å². The third-order valence-electron chi connectivity index (χ3n) is 3.84. The standard InChI is InChI=1S/C18H19NO3/c1-18(21,17-7-4-10-22-17)12-19-11-15-14-6-3-2-5-13(14)8-9-16(15)20/h2-10,19-21H,11-12H2,1H3. The van der Waals surface area contributed by atoms with Crippen molar-refractivity contribution in [2.75, 3.05) is 6.54 Å². The normalized spacial score (nSPS) is 14.1. The second-order valence-corrected chi connectivity index (χ2v) is 5.64. The summed E-state index contributed by atoms with van der Waals surface area (Å²) in [6, 6.07) is 15.0. The van der Waals surface area contributed by atoms with E-state index in [1.165, 1.54) is 0 Å². The minimum absolute atomic E-state index is 0.254. The summed E-state index contributed by atoms with van der Waals surface area (Å²) < 4.78 is 5.26. The van der Waals surface area contributed by atoms with Crippen molar-refractivity contribution in [1.29, 1.82) is 0 Å². The second-order valence-electron chi connectivity index (χ2n) is 5.64. The van der Waals surface area contributed by atoms with Crippen LogP contribution in [0.15, 0.2) is 59.2 Å². The summed E-state index contributed by atoms with van der Waals surface area (Å²) in [5.74, 6) is 0.769. The molecule has 0 aliphatic heterocycles. The first-order chi connectivity index (χ1) is 10.6. The first kappa shape index (κ1) is 14.6. The summed E-state index contributed by atoms with van der Waals surface area (Å²) in [5.41, 5.74) is -0.266. The second kappa shape index (κ2) is 5.83. The zero-order valence-electron chi connectivity index (χ0n) is 12.4. The summed E-state index contributed by atoms with van der Waals surface area (Å²) >= 11 is 0. The maximum absolute atomic E-state index is 10.4. The lowest BCUT2D eigenvalue weighted by Gasteiger charge is -2.21. The average molecular weight is 297 g/mol. The molecule has 0 aliphatic rings. The van der Waals surface area contributed by atoms with E-state index in [1.807, 2.05) is 30.3 Å². The fourth-order valence-electron chi connectivity index (χ4n) is 2.61. The molecule has 0 fully saturated rings. The zero-order valence-corrected chi connectivity index (χ0v) is 12.4. The highest BCUT2D eigenvalue weighted by atomic mass is 16.4. The molecule has 1 heterocycles. The minimum atomic E-state index is -1.09. The number of aromatic hydroxyl groups is 1. The average Bonchev–Trinajstić information content (AvgIpc) is 3.05. The molecule has 1 aromatic heterocycles. The van der Waals surface area contributed by atoms with Crippen LogP contribution in [0.1, 0.15) is 18.2 Å². The molecular weight excluding hydrogens is 278 g/mol. The van der Waals surface area contributed by atoms with Gasteiger partial charge in [0.2, 0.25) is 0 Å². The molecule has 1 atom stereocenters. The number of rotatable bonds is 5. The maximum atomic E-state index is 10.4. The van der Waals surface area contributed by atoms with Gasteiger partial charge in [0.05, 0.1) is 6.26 Å². The van der Waals surface area contributed by atoms with Gasteiger partial charge >= 0.3 is 0 Å². The molecule has 4 heteroatoms. The summed E-state index contributed by atoms with van der Waals surface area (Å²) in [6.45, 7) is 2.48. The first-order valence-electron chi connectivity index (χ1n) is 7.24. The van der Waals surface area contributed by atoms with Crippen molar-refractivity contribution in [1.82, 2.24) is 5.32 Å². The summed E-state index contributed by atoms with van der Waals surface area (Å²) in [5, 5.41) is 25.8. The molecular formula is C18H19NO3. The van der Waals surface area contributed by atoms with E-state index in [1.54, 1.807) is 31.4 Å². The van der Waals surface area contributed by atoms with Gasteiger partial charge in [-0.05, 0) is 35.9 Å². The predicted molar refractivity (Wildman–Crippen MR) is 85.6 cm³/mol. The first-order valence-corrected chi connectivity index (χ1v) is 7.24. The van der Waals surface area contributed by atoms with Gasteiger partial charge in [-0.2, -0.15) is 0 Å². The van der Waals surface area contributed by atoms with Gasteiger partial charge in [-0.3, -0.25) is 0 Å². The Morgan fingerprint density at radius 3 is 2.68 bits per heavy atom. The smallest absolute Gasteiger partial charge is 0.136 e. The van der Waals surface area contributed by atoms with Gasteiger partial charge in [0.1, 0.15) is 17.1 Å². The van der Waals surface area contributed by atoms with Crippen LogP contribution in [0.4, 0.5) is 0 Å². The minimum Gasteiger partial charge on any atom is -0.508 e. The summed E-state index contributed by atoms with van der Waals surface area (Å²) in [7, 11) is 0. The van der Waals surface area contributed by atoms with E-state index >= 15 is 0 Å². The van der Waals surface area contributed by atoms with Crippen molar-refractivity contribution in [2.24, 2.45) is 0 Å². The largest absolute Gasteiger partial charge is 0.508 e. The number of hydrogen-bond acceptors (Lipinski definition) is 4. The number of nitrogens with one attached hydrogen (secondary N) is 1. The Kier molecular flexibility index (Phi) is 3.88. The van der Waals surface area contributed by atoms with Crippen LogP contribution in [0.3, 0.4) is 0 Å². The number of furan rings is 1. The third-order valence-corrected chi connectivity index (χ3v) is 3.84. The van der Waals surface area contributed by atoms with Crippen LogP contribution in [0, 0.1) is 0 Å². The van der Waals surface area contributed by atoms with Crippen LogP contribution < -0.4 is 5.32 Å². The number of fused-ring (bicyclic) bond motifs is 1. The van der Waals surface area contributed by atoms with Crippen LogP contribution in [-0.2, 0) is 12.1 Å². The van der Waals surface area contributed by atoms with Crippen LogP contribution in [0.25, 0.3) is 10.8 Å². The SMILES string of the molecule is CC(O)(CNCc1c(O)ccc2ccccc12)c1ccco1. The molecule has 0 bridgehead atoms. The molecule has 0 amide bonds. The summed E-state index contributed by atoms with van der Waals surface area (Å²) in [4.78, 5) is 0. The predicted octanol–water partition coefficient (Wildman–Crippen LogP) is 3.14. The molecule has 1 unspecified atom stereocenters. The summed E-state index contributed by atoms with van der Waals surface area (Å²) in [6.07, 6.45) is 1.54. The van der Waals surface area contributed by atoms with Gasteiger partial charge in [0, 0.05) is 18.7 Å². The molecule has 0 aliphatic carbocycles. The van der Waals surface area contributed by atoms with Gasteiger partial charge < -0.3 is 19.9 Å². The molecule has 4 nitrogen and oxygen atoms in total. The molecule has 114 valence electrons. The van der Waals surface area contributed by atoms with Gasteiger partial charge in [0.15, 0.2) is 0 Å². The van der Waals surface area contributed by atoms with Crippen LogP contribution in [0.2, 0.25) is 0 Å². The quantitative estimate of drug-likeness (QED) is 0.677. The van der Waals surface area contributed by atoms with E-state index in [2.05, 4.69) is 5.32 Å². The van der Waals surface area contributed by atoms with E-state index in [4.69, 9.17) is 4.42 Å². The Morgan fingerprint density at radius 2 is 1.91 bits per heavy atom. The number of phenolic OH excluding ortho intramolecular Hbond substituents is 1. The molecule has 0 radical (unpaired) electrons. The number of aliphatic hydroxyl groups is 1. The van der Waals surface area contributed by atoms with E-state index in [9.17, 15) is 10.2 Å². The molecule has 0 saturated carbocycles. The van der Waals surface area contributed by atoms with Crippen molar-refractivity contribution in [3.8, 4) is 5.75 Å². The molecule has 0 spiro atoms. The monoisotopic (exact) mass is 297 g/mol. The lowest BCUT2D eigenvalue weighted by atomic mass is 10.0. The number of benzene rings is 2. The molecule has 3 N–H and O–H groups in total. The van der Waals surface area contributed by atoms with Crippen molar-refractivity contribution in [2.45, 2.75) is 19.1 Å². The van der Waals surface area contributed by atoms with Crippen molar-refractivity contribution in [3.05, 3.63) is 66.1 Å². The highest BCUT2D eigenvalue weighted by Crippen LogP contribution is 2.27. The number of phenols is 1. The fourth-order valence-corrected chi connectivity index (χ4v) is 2.61. The van der Waals surface area contributed by atoms with Gasteiger partial charge in [-0.25, -0.2) is 0 Å². The molecule has 3 aromatic rings. The van der Waals surface area contributed by atoms with Gasteiger partial charge in [-0.1, -0.05) is 30.3 Å². The molecule has 2 aromatic carbocycles. The fraction of sp³-hybridized carbons (Fsp3) is 0.222. The van der Waals surface area contributed by atoms with Crippen LogP contribution >= 0.6 is 0 Å². The Hall–Kier alpha value is -2.30. The van der Waals surface area contributed by atoms with Crippen LogP contribution in [-0.4, -0.2) is 16.8 Å². The van der Waals surface area contributed by atoms with E-state index in [0.717, 1.165) is 16.3 Å². The number of hydrogen-bond donors (Lipinski definition) is 3. The van der Waals surface area contributed by atoms with E-state index in [-0.39, 0.29) is 5.75 Å². The Labute approximate surface area is 129 Å². The Balaban J connectivity index is 1.76. The topological polar surface area (TPSA) is 65.6 Å². The molecule has 3 rings (SSSR count).